The van der Waals surface area contributed by atoms with Crippen molar-refractivity contribution < 1.29 is 8.42 Å². The first-order valence-electron chi connectivity index (χ1n) is 9.49. The Labute approximate surface area is 142 Å². The maximum atomic E-state index is 12.8. The standard InChI is InChI=1S/C17H33N3O2S/c1-18-10-6-5-7-16(18)15-19-11-13-20(14-12-19)23(21,22)17-8-3-2-4-9-17/h16-17H,2-15H2,1H3/t16-/m0/s1. The Balaban J connectivity index is 1.49. The van der Waals surface area contributed by atoms with E-state index in [-0.39, 0.29) is 5.25 Å². The molecule has 134 valence electrons. The number of piperidine rings is 1. The van der Waals surface area contributed by atoms with Gasteiger partial charge in [0.2, 0.25) is 10.0 Å². The molecule has 0 aromatic rings. The first kappa shape index (κ1) is 17.6. The van der Waals surface area contributed by atoms with Crippen LogP contribution in [0.2, 0.25) is 0 Å². The van der Waals surface area contributed by atoms with Gasteiger partial charge in [-0.1, -0.05) is 25.7 Å². The molecule has 0 N–H and O–H groups in total. The molecule has 2 saturated heterocycles. The van der Waals surface area contributed by atoms with Gasteiger partial charge in [0, 0.05) is 38.8 Å². The molecule has 3 aliphatic rings. The van der Waals surface area contributed by atoms with Gasteiger partial charge in [-0.05, 0) is 39.3 Å². The normalized spacial score (nSPS) is 30.6. The Morgan fingerprint density at radius 3 is 2.13 bits per heavy atom. The molecule has 0 aromatic heterocycles. The van der Waals surface area contributed by atoms with E-state index in [1.807, 2.05) is 0 Å². The topological polar surface area (TPSA) is 43.9 Å². The zero-order valence-corrected chi connectivity index (χ0v) is 15.4. The van der Waals surface area contributed by atoms with Gasteiger partial charge in [-0.25, -0.2) is 8.42 Å². The molecule has 2 aliphatic heterocycles. The average molecular weight is 344 g/mol. The number of likely N-dealkylation sites (N-methyl/N-ethyl adjacent to an activating group) is 1. The molecule has 0 radical (unpaired) electrons. The Kier molecular flexibility index (Phi) is 5.99. The maximum absolute atomic E-state index is 12.8. The second kappa shape index (κ2) is 7.81. The van der Waals surface area contributed by atoms with E-state index in [0.29, 0.717) is 19.1 Å². The van der Waals surface area contributed by atoms with E-state index in [1.54, 1.807) is 4.31 Å². The van der Waals surface area contributed by atoms with Gasteiger partial charge < -0.3 is 4.90 Å². The van der Waals surface area contributed by atoms with Crippen molar-refractivity contribution >= 4 is 10.0 Å². The molecule has 0 amide bonds. The van der Waals surface area contributed by atoms with Crippen LogP contribution in [0.1, 0.15) is 51.4 Å². The summed E-state index contributed by atoms with van der Waals surface area (Å²) in [5, 5.41) is -0.104. The summed E-state index contributed by atoms with van der Waals surface area (Å²) in [5.74, 6) is 0. The van der Waals surface area contributed by atoms with Crippen molar-refractivity contribution in [3.63, 3.8) is 0 Å². The van der Waals surface area contributed by atoms with Crippen LogP contribution >= 0.6 is 0 Å². The van der Waals surface area contributed by atoms with Crippen molar-refractivity contribution in [2.24, 2.45) is 0 Å². The van der Waals surface area contributed by atoms with Crippen LogP contribution in [0.25, 0.3) is 0 Å². The summed E-state index contributed by atoms with van der Waals surface area (Å²) in [6.07, 6.45) is 9.05. The van der Waals surface area contributed by atoms with Gasteiger partial charge in [-0.2, -0.15) is 4.31 Å². The van der Waals surface area contributed by atoms with Gasteiger partial charge in [-0.3, -0.25) is 4.90 Å². The van der Waals surface area contributed by atoms with Crippen LogP contribution in [0.3, 0.4) is 0 Å². The molecule has 1 saturated carbocycles. The smallest absolute Gasteiger partial charge is 0.217 e. The lowest BCUT2D eigenvalue weighted by molar-refractivity contribution is 0.106. The fourth-order valence-electron chi connectivity index (χ4n) is 4.41. The molecule has 0 bridgehead atoms. The van der Waals surface area contributed by atoms with Crippen molar-refractivity contribution in [1.29, 1.82) is 0 Å². The zero-order chi connectivity index (χ0) is 16.3. The molecule has 23 heavy (non-hydrogen) atoms. The third kappa shape index (κ3) is 4.27. The summed E-state index contributed by atoms with van der Waals surface area (Å²) in [6, 6.07) is 0.658. The van der Waals surface area contributed by atoms with E-state index in [2.05, 4.69) is 16.8 Å². The summed E-state index contributed by atoms with van der Waals surface area (Å²) < 4.78 is 27.4. The first-order chi connectivity index (χ1) is 11.1. The lowest BCUT2D eigenvalue weighted by atomic mass is 10.0. The molecule has 0 unspecified atom stereocenters. The van der Waals surface area contributed by atoms with E-state index in [0.717, 1.165) is 45.3 Å². The minimum atomic E-state index is -3.06. The van der Waals surface area contributed by atoms with Gasteiger partial charge in [0.05, 0.1) is 5.25 Å². The molecule has 6 heteroatoms. The fourth-order valence-corrected chi connectivity index (χ4v) is 6.44. The molecular weight excluding hydrogens is 310 g/mol. The van der Waals surface area contributed by atoms with Crippen LogP contribution in [-0.4, -0.2) is 80.1 Å². The Morgan fingerprint density at radius 1 is 0.826 bits per heavy atom. The summed E-state index contributed by atoms with van der Waals surface area (Å²) >= 11 is 0. The van der Waals surface area contributed by atoms with Crippen LogP contribution in [0.15, 0.2) is 0 Å². The van der Waals surface area contributed by atoms with Crippen molar-refractivity contribution in [1.82, 2.24) is 14.1 Å². The number of rotatable bonds is 4. The predicted molar refractivity (Wildman–Crippen MR) is 94.1 cm³/mol. The van der Waals surface area contributed by atoms with Crippen LogP contribution in [0, 0.1) is 0 Å². The third-order valence-electron chi connectivity index (χ3n) is 6.06. The van der Waals surface area contributed by atoms with E-state index in [9.17, 15) is 8.42 Å². The highest BCUT2D eigenvalue weighted by atomic mass is 32.2. The minimum absolute atomic E-state index is 0.104. The van der Waals surface area contributed by atoms with Gasteiger partial charge in [0.25, 0.3) is 0 Å². The summed E-state index contributed by atoms with van der Waals surface area (Å²) in [6.45, 7) is 5.49. The SMILES string of the molecule is CN1CCCC[C@H]1CN1CCN(S(=O)(=O)C2CCCCC2)CC1. The number of hydrogen-bond acceptors (Lipinski definition) is 4. The van der Waals surface area contributed by atoms with Crippen molar-refractivity contribution in [2.75, 3.05) is 46.3 Å². The van der Waals surface area contributed by atoms with Gasteiger partial charge >= 0.3 is 0 Å². The van der Waals surface area contributed by atoms with Crippen LogP contribution in [0.4, 0.5) is 0 Å². The lowest BCUT2D eigenvalue weighted by Crippen LogP contribution is -2.54. The molecule has 3 rings (SSSR count). The third-order valence-corrected chi connectivity index (χ3v) is 8.45. The second-order valence-corrected chi connectivity index (χ2v) is 9.85. The van der Waals surface area contributed by atoms with Crippen molar-refractivity contribution in [2.45, 2.75) is 62.7 Å². The summed E-state index contributed by atoms with van der Waals surface area (Å²) in [7, 11) is -0.826. The molecule has 3 fully saturated rings. The van der Waals surface area contributed by atoms with Crippen molar-refractivity contribution in [3.05, 3.63) is 0 Å². The highest BCUT2D eigenvalue weighted by Crippen LogP contribution is 2.27. The first-order valence-corrected chi connectivity index (χ1v) is 11.0. The second-order valence-electron chi connectivity index (χ2n) is 7.63. The Bertz CT molecular complexity index is 468. The Morgan fingerprint density at radius 2 is 1.48 bits per heavy atom. The molecule has 1 atom stereocenters. The molecule has 0 spiro atoms. The highest BCUT2D eigenvalue weighted by Gasteiger charge is 2.35. The van der Waals surface area contributed by atoms with E-state index >= 15 is 0 Å². The minimum Gasteiger partial charge on any atom is -0.302 e. The average Bonchev–Trinajstić information content (AvgIpc) is 2.58. The maximum Gasteiger partial charge on any atom is 0.217 e. The van der Waals surface area contributed by atoms with E-state index in [1.165, 1.54) is 32.2 Å². The number of nitrogens with zero attached hydrogens (tertiary/aromatic N) is 3. The molecular formula is C17H33N3O2S. The molecule has 0 aromatic carbocycles. The van der Waals surface area contributed by atoms with Gasteiger partial charge in [0.15, 0.2) is 0 Å². The van der Waals surface area contributed by atoms with Gasteiger partial charge in [-0.15, -0.1) is 0 Å². The van der Waals surface area contributed by atoms with E-state index in [4.69, 9.17) is 0 Å². The zero-order valence-electron chi connectivity index (χ0n) is 14.6. The van der Waals surface area contributed by atoms with E-state index < -0.39 is 10.0 Å². The number of hydrogen-bond donors (Lipinski definition) is 0. The quantitative estimate of drug-likeness (QED) is 0.780. The van der Waals surface area contributed by atoms with Crippen LogP contribution < -0.4 is 0 Å². The summed E-state index contributed by atoms with van der Waals surface area (Å²) in [5.41, 5.74) is 0. The van der Waals surface area contributed by atoms with Crippen LogP contribution in [0.5, 0.6) is 0 Å². The van der Waals surface area contributed by atoms with Crippen molar-refractivity contribution in [3.8, 4) is 0 Å². The molecule has 2 heterocycles. The number of likely N-dealkylation sites (tertiary alicyclic amines) is 1. The number of sulfonamides is 1. The van der Waals surface area contributed by atoms with Gasteiger partial charge in [0.1, 0.15) is 0 Å². The monoisotopic (exact) mass is 343 g/mol. The fraction of sp³-hybridized carbons (Fsp3) is 1.00. The predicted octanol–water partition coefficient (Wildman–Crippen LogP) is 1.75. The largest absolute Gasteiger partial charge is 0.302 e. The van der Waals surface area contributed by atoms with Crippen LogP contribution in [-0.2, 0) is 10.0 Å². The molecule has 1 aliphatic carbocycles. The highest BCUT2D eigenvalue weighted by molar-refractivity contribution is 7.89. The Hall–Kier alpha value is -0.170. The lowest BCUT2D eigenvalue weighted by Gasteiger charge is -2.40. The summed E-state index contributed by atoms with van der Waals surface area (Å²) in [4.78, 5) is 4.95. The number of piperazine rings is 1. The molecule has 5 nitrogen and oxygen atoms in total.